The monoisotopic (exact) mass is 257 g/mol. The van der Waals surface area contributed by atoms with Crippen molar-refractivity contribution in [2.45, 2.75) is 39.3 Å². The molecule has 0 radical (unpaired) electrons. The normalized spacial score (nSPS) is 18.1. The van der Waals surface area contributed by atoms with Gasteiger partial charge in [0.05, 0.1) is 19.7 Å². The van der Waals surface area contributed by atoms with Gasteiger partial charge >= 0.3 is 6.09 Å². The number of aliphatic imine (C=N–C) groups is 1. The fourth-order valence-corrected chi connectivity index (χ4v) is 1.52. The Labute approximate surface area is 108 Å². The zero-order valence-electron chi connectivity index (χ0n) is 11.6. The minimum absolute atomic E-state index is 0.0332. The van der Waals surface area contributed by atoms with Crippen LogP contribution in [0.4, 0.5) is 4.79 Å². The van der Waals surface area contributed by atoms with Gasteiger partial charge in [-0.05, 0) is 27.7 Å². The number of amides is 1. The lowest BCUT2D eigenvalue weighted by molar-refractivity contribution is 0.0276. The number of ether oxygens (including phenoxy) is 1. The van der Waals surface area contributed by atoms with Crippen molar-refractivity contribution >= 4 is 11.9 Å². The number of rotatable bonds is 2. The zero-order chi connectivity index (χ0) is 13.8. The van der Waals surface area contributed by atoms with E-state index in [1.165, 1.54) is 0 Å². The van der Waals surface area contributed by atoms with E-state index in [0.717, 1.165) is 0 Å². The van der Waals surface area contributed by atoms with Gasteiger partial charge in [-0.1, -0.05) is 0 Å². The number of nitrogens with one attached hydrogen (secondary N) is 1. The van der Waals surface area contributed by atoms with Crippen LogP contribution in [0.2, 0.25) is 0 Å². The number of aliphatic hydroxyl groups excluding tert-OH is 1. The van der Waals surface area contributed by atoms with E-state index < -0.39 is 5.60 Å². The van der Waals surface area contributed by atoms with E-state index in [1.54, 1.807) is 4.90 Å². The predicted molar refractivity (Wildman–Crippen MR) is 69.8 cm³/mol. The molecule has 0 aliphatic carbocycles. The van der Waals surface area contributed by atoms with Gasteiger partial charge in [-0.25, -0.2) is 4.79 Å². The van der Waals surface area contributed by atoms with Gasteiger partial charge in [-0.2, -0.15) is 0 Å². The van der Waals surface area contributed by atoms with Crippen LogP contribution in [-0.2, 0) is 4.74 Å². The summed E-state index contributed by atoms with van der Waals surface area (Å²) in [6.07, 6.45) is -0.326. The molecule has 0 aromatic rings. The SMILES string of the molecule is CC(CO)NC1=NCCN(C(=O)OC(C)(C)C)C1. The predicted octanol–water partition coefficient (Wildman–Crippen LogP) is 0.606. The van der Waals surface area contributed by atoms with Gasteiger partial charge in [0.1, 0.15) is 11.4 Å². The van der Waals surface area contributed by atoms with Gasteiger partial charge in [0.15, 0.2) is 0 Å². The van der Waals surface area contributed by atoms with Crippen LogP contribution in [0.1, 0.15) is 27.7 Å². The Balaban J connectivity index is 2.51. The van der Waals surface area contributed by atoms with Crippen molar-refractivity contribution in [1.29, 1.82) is 0 Å². The molecule has 0 aromatic carbocycles. The summed E-state index contributed by atoms with van der Waals surface area (Å²) in [5.41, 5.74) is -0.488. The number of hydrogen-bond acceptors (Lipinski definition) is 5. The largest absolute Gasteiger partial charge is 0.444 e. The molecule has 2 N–H and O–H groups in total. The summed E-state index contributed by atoms with van der Waals surface area (Å²) in [5.74, 6) is 0.716. The topological polar surface area (TPSA) is 74.2 Å². The highest BCUT2D eigenvalue weighted by Crippen LogP contribution is 2.11. The second kappa shape index (κ2) is 6.04. The van der Waals surface area contributed by atoms with Crippen LogP contribution in [0.3, 0.4) is 0 Å². The van der Waals surface area contributed by atoms with E-state index in [4.69, 9.17) is 9.84 Å². The van der Waals surface area contributed by atoms with Gasteiger partial charge < -0.3 is 15.2 Å². The Morgan fingerprint density at radius 3 is 2.83 bits per heavy atom. The van der Waals surface area contributed by atoms with Crippen molar-refractivity contribution in [3.63, 3.8) is 0 Å². The third kappa shape index (κ3) is 4.91. The first-order chi connectivity index (χ1) is 8.31. The molecule has 0 saturated heterocycles. The standard InChI is InChI=1S/C12H23N3O3/c1-9(8-16)14-10-7-15(6-5-13-10)11(17)18-12(2,3)4/h9,16H,5-8H2,1-4H3,(H,13,14). The third-order valence-corrected chi connectivity index (χ3v) is 2.35. The van der Waals surface area contributed by atoms with Gasteiger partial charge in [-0.15, -0.1) is 0 Å². The van der Waals surface area contributed by atoms with E-state index in [2.05, 4.69) is 10.3 Å². The molecular weight excluding hydrogens is 234 g/mol. The molecule has 1 atom stereocenters. The molecule has 1 rings (SSSR count). The molecule has 0 bridgehead atoms. The van der Waals surface area contributed by atoms with Crippen LogP contribution in [0.15, 0.2) is 4.99 Å². The third-order valence-electron chi connectivity index (χ3n) is 2.35. The maximum absolute atomic E-state index is 11.9. The molecule has 18 heavy (non-hydrogen) atoms. The first-order valence-electron chi connectivity index (χ1n) is 6.20. The van der Waals surface area contributed by atoms with E-state index >= 15 is 0 Å². The van der Waals surface area contributed by atoms with Crippen LogP contribution in [-0.4, -0.2) is 59.8 Å². The molecular formula is C12H23N3O3. The molecule has 1 amide bonds. The van der Waals surface area contributed by atoms with Crippen molar-refractivity contribution in [3.05, 3.63) is 0 Å². The van der Waals surface area contributed by atoms with Crippen LogP contribution >= 0.6 is 0 Å². The first-order valence-corrected chi connectivity index (χ1v) is 6.20. The zero-order valence-corrected chi connectivity index (χ0v) is 11.6. The maximum Gasteiger partial charge on any atom is 0.410 e. The number of carbonyl (C=O) groups is 1. The molecule has 6 nitrogen and oxygen atoms in total. The van der Waals surface area contributed by atoms with Crippen molar-refractivity contribution in [2.24, 2.45) is 4.99 Å². The lowest BCUT2D eigenvalue weighted by Crippen LogP contribution is -2.49. The molecule has 1 aliphatic rings. The highest BCUT2D eigenvalue weighted by atomic mass is 16.6. The molecule has 0 aromatic heterocycles. The number of amidine groups is 1. The molecule has 1 aliphatic heterocycles. The Morgan fingerprint density at radius 1 is 1.61 bits per heavy atom. The Bertz CT molecular complexity index is 323. The molecule has 0 spiro atoms. The lowest BCUT2D eigenvalue weighted by atomic mass is 10.2. The average molecular weight is 257 g/mol. The molecule has 104 valence electrons. The second-order valence-corrected chi connectivity index (χ2v) is 5.46. The Hall–Kier alpha value is -1.30. The highest BCUT2D eigenvalue weighted by Gasteiger charge is 2.25. The summed E-state index contributed by atoms with van der Waals surface area (Å²) in [6.45, 7) is 8.94. The van der Waals surface area contributed by atoms with Crippen molar-refractivity contribution in [3.8, 4) is 0 Å². The number of aliphatic hydroxyl groups is 1. The van der Waals surface area contributed by atoms with Gasteiger partial charge in [0.2, 0.25) is 0 Å². The summed E-state index contributed by atoms with van der Waals surface area (Å²) in [6, 6.07) is -0.0673. The van der Waals surface area contributed by atoms with Crippen LogP contribution < -0.4 is 5.32 Å². The molecule has 1 unspecified atom stereocenters. The van der Waals surface area contributed by atoms with E-state index in [-0.39, 0.29) is 18.7 Å². The summed E-state index contributed by atoms with van der Waals surface area (Å²) < 4.78 is 5.31. The fourth-order valence-electron chi connectivity index (χ4n) is 1.52. The van der Waals surface area contributed by atoms with E-state index in [1.807, 2.05) is 27.7 Å². The van der Waals surface area contributed by atoms with Gasteiger partial charge in [0, 0.05) is 12.6 Å². The second-order valence-electron chi connectivity index (χ2n) is 5.46. The van der Waals surface area contributed by atoms with Crippen molar-refractivity contribution < 1.29 is 14.6 Å². The minimum atomic E-state index is -0.488. The highest BCUT2D eigenvalue weighted by molar-refractivity contribution is 5.88. The summed E-state index contributed by atoms with van der Waals surface area (Å²) in [7, 11) is 0. The van der Waals surface area contributed by atoms with Crippen LogP contribution in [0.5, 0.6) is 0 Å². The average Bonchev–Trinajstić information content (AvgIpc) is 2.27. The lowest BCUT2D eigenvalue weighted by Gasteiger charge is -2.30. The van der Waals surface area contributed by atoms with E-state index in [0.29, 0.717) is 25.5 Å². The Morgan fingerprint density at radius 2 is 2.28 bits per heavy atom. The molecule has 6 heteroatoms. The van der Waals surface area contributed by atoms with Gasteiger partial charge in [-0.3, -0.25) is 9.89 Å². The molecule has 1 heterocycles. The smallest absolute Gasteiger partial charge is 0.410 e. The number of nitrogens with zero attached hydrogens (tertiary/aromatic N) is 2. The number of hydrogen-bond donors (Lipinski definition) is 2. The van der Waals surface area contributed by atoms with Gasteiger partial charge in [0.25, 0.3) is 0 Å². The number of carbonyl (C=O) groups excluding carboxylic acids is 1. The maximum atomic E-state index is 11.9. The van der Waals surface area contributed by atoms with E-state index in [9.17, 15) is 4.79 Å². The van der Waals surface area contributed by atoms with Crippen molar-refractivity contribution in [2.75, 3.05) is 26.2 Å². The fraction of sp³-hybridized carbons (Fsp3) is 0.833. The summed E-state index contributed by atoms with van der Waals surface area (Å²) >= 11 is 0. The van der Waals surface area contributed by atoms with Crippen LogP contribution in [0, 0.1) is 0 Å². The quantitative estimate of drug-likeness (QED) is 0.760. The minimum Gasteiger partial charge on any atom is -0.444 e. The van der Waals surface area contributed by atoms with Crippen LogP contribution in [0.25, 0.3) is 0 Å². The molecule has 0 saturated carbocycles. The first kappa shape index (κ1) is 14.8. The van der Waals surface area contributed by atoms with Crippen molar-refractivity contribution in [1.82, 2.24) is 10.2 Å². The summed E-state index contributed by atoms with van der Waals surface area (Å²) in [4.78, 5) is 17.8. The Kier molecular flexibility index (Phi) is 4.95. The molecule has 0 fully saturated rings. The summed E-state index contributed by atoms with van der Waals surface area (Å²) in [5, 5.41) is 12.0.